The summed E-state index contributed by atoms with van der Waals surface area (Å²) >= 11 is 0. The van der Waals surface area contributed by atoms with Crippen LogP contribution in [0.1, 0.15) is 28.8 Å². The number of phenolic OH excluding ortho intramolecular Hbond substituents is 1. The number of aryl methyl sites for hydroxylation is 1. The molecule has 1 unspecified atom stereocenters. The molecule has 1 aliphatic heterocycles. The fourth-order valence-corrected chi connectivity index (χ4v) is 2.24. The van der Waals surface area contributed by atoms with Crippen LogP contribution in [-0.4, -0.2) is 29.0 Å². The zero-order chi connectivity index (χ0) is 13.1. The number of likely N-dealkylation sites (tertiary alicyclic amines) is 1. The number of carbonyl (C=O) groups excluding carboxylic acids is 1. The van der Waals surface area contributed by atoms with E-state index in [4.69, 9.17) is 5.26 Å². The summed E-state index contributed by atoms with van der Waals surface area (Å²) in [6, 6.07) is 7.08. The Morgan fingerprint density at radius 2 is 2.33 bits per heavy atom. The lowest BCUT2D eigenvalue weighted by Crippen LogP contribution is -2.39. The number of aromatic hydroxyl groups is 1. The van der Waals surface area contributed by atoms with Crippen LogP contribution in [0.3, 0.4) is 0 Å². The summed E-state index contributed by atoms with van der Waals surface area (Å²) < 4.78 is 0. The molecule has 94 valence electrons. The molecule has 1 atom stereocenters. The Hall–Kier alpha value is -2.02. The van der Waals surface area contributed by atoms with Crippen molar-refractivity contribution in [3.63, 3.8) is 0 Å². The molecule has 0 bridgehead atoms. The second-order valence-electron chi connectivity index (χ2n) is 4.72. The third kappa shape index (κ3) is 2.45. The van der Waals surface area contributed by atoms with Crippen LogP contribution in [0.25, 0.3) is 0 Å². The molecule has 4 nitrogen and oxygen atoms in total. The van der Waals surface area contributed by atoms with E-state index in [1.54, 1.807) is 24.0 Å². The predicted molar refractivity (Wildman–Crippen MR) is 67.1 cm³/mol. The molecule has 1 fully saturated rings. The molecule has 4 heteroatoms. The molecule has 18 heavy (non-hydrogen) atoms. The van der Waals surface area contributed by atoms with Gasteiger partial charge in [-0.2, -0.15) is 5.26 Å². The number of nitrogens with zero attached hydrogens (tertiary/aromatic N) is 2. The highest BCUT2D eigenvalue weighted by Crippen LogP contribution is 2.21. The molecule has 1 heterocycles. The molecule has 1 aliphatic rings. The minimum absolute atomic E-state index is 0.0547. The molecule has 0 saturated carbocycles. The summed E-state index contributed by atoms with van der Waals surface area (Å²) in [6.07, 6.45) is 1.75. The van der Waals surface area contributed by atoms with Gasteiger partial charge in [-0.3, -0.25) is 4.79 Å². The average molecular weight is 244 g/mol. The van der Waals surface area contributed by atoms with Crippen molar-refractivity contribution in [2.24, 2.45) is 5.92 Å². The van der Waals surface area contributed by atoms with Crippen LogP contribution in [0, 0.1) is 24.2 Å². The van der Waals surface area contributed by atoms with Crippen LogP contribution in [-0.2, 0) is 0 Å². The van der Waals surface area contributed by atoms with Crippen molar-refractivity contribution in [1.29, 1.82) is 5.26 Å². The van der Waals surface area contributed by atoms with Gasteiger partial charge < -0.3 is 10.0 Å². The quantitative estimate of drug-likeness (QED) is 0.822. The second-order valence-corrected chi connectivity index (χ2v) is 4.72. The second kappa shape index (κ2) is 5.09. The molecule has 1 aromatic rings. The fourth-order valence-electron chi connectivity index (χ4n) is 2.24. The van der Waals surface area contributed by atoms with Gasteiger partial charge in [0.15, 0.2) is 0 Å². The first-order chi connectivity index (χ1) is 8.61. The van der Waals surface area contributed by atoms with Crippen molar-refractivity contribution in [3.05, 3.63) is 29.3 Å². The lowest BCUT2D eigenvalue weighted by atomic mass is 9.98. The van der Waals surface area contributed by atoms with Crippen molar-refractivity contribution < 1.29 is 9.90 Å². The van der Waals surface area contributed by atoms with Gasteiger partial charge in [0.1, 0.15) is 5.75 Å². The van der Waals surface area contributed by atoms with Crippen molar-refractivity contribution in [2.45, 2.75) is 19.8 Å². The van der Waals surface area contributed by atoms with Crippen LogP contribution in [0.4, 0.5) is 0 Å². The first-order valence-corrected chi connectivity index (χ1v) is 6.10. The Labute approximate surface area is 106 Å². The summed E-state index contributed by atoms with van der Waals surface area (Å²) in [6.45, 7) is 2.98. The van der Waals surface area contributed by atoms with Crippen molar-refractivity contribution in [2.75, 3.05) is 13.1 Å². The van der Waals surface area contributed by atoms with Gasteiger partial charge in [0.25, 0.3) is 5.91 Å². The van der Waals surface area contributed by atoms with Gasteiger partial charge in [-0.1, -0.05) is 0 Å². The van der Waals surface area contributed by atoms with Crippen LogP contribution < -0.4 is 0 Å². The maximum Gasteiger partial charge on any atom is 0.253 e. The van der Waals surface area contributed by atoms with E-state index in [9.17, 15) is 9.90 Å². The number of benzene rings is 1. The van der Waals surface area contributed by atoms with E-state index in [-0.39, 0.29) is 17.6 Å². The van der Waals surface area contributed by atoms with Gasteiger partial charge in [-0.25, -0.2) is 0 Å². The van der Waals surface area contributed by atoms with Gasteiger partial charge in [-0.15, -0.1) is 0 Å². The molecule has 1 aromatic carbocycles. The maximum absolute atomic E-state index is 12.3. The Kier molecular flexibility index (Phi) is 3.52. The topological polar surface area (TPSA) is 64.3 Å². The summed E-state index contributed by atoms with van der Waals surface area (Å²) in [5.74, 6) is 0.0825. The number of hydrogen-bond acceptors (Lipinski definition) is 3. The molecule has 1 amide bonds. The Morgan fingerprint density at radius 3 is 3.00 bits per heavy atom. The smallest absolute Gasteiger partial charge is 0.253 e. The number of piperidine rings is 1. The molecular formula is C14H16N2O2. The van der Waals surface area contributed by atoms with E-state index in [2.05, 4.69) is 6.07 Å². The summed E-state index contributed by atoms with van der Waals surface area (Å²) in [5.41, 5.74) is 1.26. The van der Waals surface area contributed by atoms with Crippen molar-refractivity contribution in [1.82, 2.24) is 4.90 Å². The minimum Gasteiger partial charge on any atom is -0.508 e. The van der Waals surface area contributed by atoms with E-state index >= 15 is 0 Å². The summed E-state index contributed by atoms with van der Waals surface area (Å²) in [5, 5.41) is 18.4. The number of amides is 1. The van der Waals surface area contributed by atoms with Crippen LogP contribution in [0.15, 0.2) is 18.2 Å². The van der Waals surface area contributed by atoms with E-state index < -0.39 is 0 Å². The van der Waals surface area contributed by atoms with Crippen LogP contribution in [0.2, 0.25) is 0 Å². The minimum atomic E-state index is -0.0574. The van der Waals surface area contributed by atoms with E-state index in [0.29, 0.717) is 24.2 Å². The first-order valence-electron chi connectivity index (χ1n) is 6.10. The molecule has 1 saturated heterocycles. The van der Waals surface area contributed by atoms with Crippen LogP contribution in [0.5, 0.6) is 5.75 Å². The molecule has 0 aromatic heterocycles. The Morgan fingerprint density at radius 1 is 1.56 bits per heavy atom. The van der Waals surface area contributed by atoms with Gasteiger partial charge in [0.05, 0.1) is 12.0 Å². The van der Waals surface area contributed by atoms with E-state index in [1.807, 2.05) is 0 Å². The van der Waals surface area contributed by atoms with Gasteiger partial charge in [0.2, 0.25) is 0 Å². The fraction of sp³-hybridized carbons (Fsp3) is 0.429. The first kappa shape index (κ1) is 12.4. The van der Waals surface area contributed by atoms with Crippen molar-refractivity contribution in [3.8, 4) is 11.8 Å². The third-order valence-corrected chi connectivity index (χ3v) is 3.33. The Bertz CT molecular complexity index is 505. The van der Waals surface area contributed by atoms with E-state index in [0.717, 1.165) is 12.8 Å². The van der Waals surface area contributed by atoms with Gasteiger partial charge >= 0.3 is 0 Å². The SMILES string of the molecule is Cc1cc(C(=O)N2CCCC(C#N)C2)ccc1O. The molecular weight excluding hydrogens is 228 g/mol. The number of carbonyl (C=O) groups is 1. The highest BCUT2D eigenvalue weighted by molar-refractivity contribution is 5.94. The molecule has 0 aliphatic carbocycles. The zero-order valence-corrected chi connectivity index (χ0v) is 10.4. The zero-order valence-electron chi connectivity index (χ0n) is 10.4. The molecule has 1 N–H and O–H groups in total. The van der Waals surface area contributed by atoms with Gasteiger partial charge in [-0.05, 0) is 43.5 Å². The van der Waals surface area contributed by atoms with Crippen LogP contribution >= 0.6 is 0 Å². The predicted octanol–water partition coefficient (Wildman–Crippen LogP) is 2.08. The van der Waals surface area contributed by atoms with Gasteiger partial charge in [0, 0.05) is 18.7 Å². The average Bonchev–Trinajstić information content (AvgIpc) is 2.41. The normalized spacial score (nSPS) is 19.3. The molecule has 0 spiro atoms. The summed E-state index contributed by atoms with van der Waals surface area (Å²) in [4.78, 5) is 14.0. The summed E-state index contributed by atoms with van der Waals surface area (Å²) in [7, 11) is 0. The highest BCUT2D eigenvalue weighted by Gasteiger charge is 2.24. The molecule has 0 radical (unpaired) electrons. The highest BCUT2D eigenvalue weighted by atomic mass is 16.3. The van der Waals surface area contributed by atoms with Crippen molar-refractivity contribution >= 4 is 5.91 Å². The number of hydrogen-bond donors (Lipinski definition) is 1. The lowest BCUT2D eigenvalue weighted by Gasteiger charge is -2.29. The number of nitriles is 1. The monoisotopic (exact) mass is 244 g/mol. The maximum atomic E-state index is 12.3. The number of rotatable bonds is 1. The Balaban J connectivity index is 2.15. The van der Waals surface area contributed by atoms with E-state index in [1.165, 1.54) is 6.07 Å². The lowest BCUT2D eigenvalue weighted by molar-refractivity contribution is 0.0698. The number of phenols is 1. The standard InChI is InChI=1S/C14H16N2O2/c1-10-7-12(4-5-13(10)17)14(18)16-6-2-3-11(8-15)9-16/h4-5,7,11,17H,2-3,6,9H2,1H3. The molecule has 2 rings (SSSR count). The third-order valence-electron chi connectivity index (χ3n) is 3.33. The largest absolute Gasteiger partial charge is 0.508 e.